The van der Waals surface area contributed by atoms with Gasteiger partial charge in [-0.25, -0.2) is 4.79 Å². The molecule has 0 saturated carbocycles. The average molecular weight is 263 g/mol. The van der Waals surface area contributed by atoms with Gasteiger partial charge in [-0.15, -0.1) is 0 Å². The van der Waals surface area contributed by atoms with Crippen LogP contribution in [0.15, 0.2) is 18.5 Å². The molecule has 0 unspecified atom stereocenters. The van der Waals surface area contributed by atoms with Gasteiger partial charge >= 0.3 is 5.97 Å². The first-order valence-corrected chi connectivity index (χ1v) is 5.63. The molecule has 0 spiro atoms. The van der Waals surface area contributed by atoms with Gasteiger partial charge in [0.25, 0.3) is 5.91 Å². The molecule has 1 aromatic rings. The van der Waals surface area contributed by atoms with Crippen LogP contribution in [0.3, 0.4) is 0 Å². The fourth-order valence-electron chi connectivity index (χ4n) is 1.95. The Bertz CT molecular complexity index is 568. The molecule has 100 valence electrons. The molecule has 2 N–H and O–H groups in total. The van der Waals surface area contributed by atoms with Crippen molar-refractivity contribution < 1.29 is 19.5 Å². The Morgan fingerprint density at radius 2 is 2.16 bits per heavy atom. The number of carbonyl (C=O) groups excluding carboxylic acids is 2. The highest BCUT2D eigenvalue weighted by Crippen LogP contribution is 2.28. The number of amides is 2. The number of aromatic nitrogens is 1. The number of imide groups is 1. The molecule has 1 aliphatic heterocycles. The molecule has 1 saturated heterocycles. The summed E-state index contributed by atoms with van der Waals surface area (Å²) in [7, 11) is 0. The third-order valence-corrected chi connectivity index (χ3v) is 3.11. The Hall–Kier alpha value is -2.44. The maximum atomic E-state index is 11.8. The minimum atomic E-state index is -1.13. The van der Waals surface area contributed by atoms with Crippen LogP contribution in [0, 0.1) is 0 Å². The van der Waals surface area contributed by atoms with E-state index in [1.807, 2.05) is 0 Å². The number of nitrogens with one attached hydrogen (secondary N) is 1. The minimum Gasteiger partial charge on any atom is -0.478 e. The molecule has 19 heavy (non-hydrogen) atoms. The van der Waals surface area contributed by atoms with E-state index in [0.717, 1.165) is 0 Å². The zero-order chi connectivity index (χ0) is 14.2. The predicted molar refractivity (Wildman–Crippen MR) is 65.8 cm³/mol. The van der Waals surface area contributed by atoms with Crippen LogP contribution in [0.5, 0.6) is 0 Å². The first-order chi connectivity index (χ1) is 8.84. The molecule has 0 aromatic carbocycles. The summed E-state index contributed by atoms with van der Waals surface area (Å²) in [6.45, 7) is 3.14. The van der Waals surface area contributed by atoms with Gasteiger partial charge < -0.3 is 10.0 Å². The first-order valence-electron chi connectivity index (χ1n) is 5.63. The van der Waals surface area contributed by atoms with E-state index in [4.69, 9.17) is 5.11 Å². The summed E-state index contributed by atoms with van der Waals surface area (Å²) >= 11 is 0. The van der Waals surface area contributed by atoms with Crippen LogP contribution in [0.2, 0.25) is 0 Å². The van der Waals surface area contributed by atoms with E-state index in [0.29, 0.717) is 0 Å². The van der Waals surface area contributed by atoms with Gasteiger partial charge in [0.05, 0.1) is 24.0 Å². The number of carboxylic acid groups (broad SMARTS) is 1. The van der Waals surface area contributed by atoms with Crippen molar-refractivity contribution in [1.82, 2.24) is 10.3 Å². The van der Waals surface area contributed by atoms with Crippen molar-refractivity contribution in [2.24, 2.45) is 0 Å². The van der Waals surface area contributed by atoms with Gasteiger partial charge in [-0.05, 0) is 19.9 Å². The van der Waals surface area contributed by atoms with Gasteiger partial charge in [-0.3, -0.25) is 19.9 Å². The Morgan fingerprint density at radius 1 is 1.47 bits per heavy atom. The van der Waals surface area contributed by atoms with Crippen molar-refractivity contribution in [3.05, 3.63) is 24.0 Å². The van der Waals surface area contributed by atoms with Crippen LogP contribution >= 0.6 is 0 Å². The number of carbonyl (C=O) groups is 3. The van der Waals surface area contributed by atoms with Crippen molar-refractivity contribution in [2.75, 3.05) is 11.4 Å². The Labute approximate surface area is 109 Å². The summed E-state index contributed by atoms with van der Waals surface area (Å²) in [4.78, 5) is 39.9. The summed E-state index contributed by atoms with van der Waals surface area (Å²) in [5.41, 5.74) is -0.769. The van der Waals surface area contributed by atoms with Gasteiger partial charge in [0.1, 0.15) is 5.54 Å². The van der Waals surface area contributed by atoms with Crippen molar-refractivity contribution >= 4 is 23.5 Å². The van der Waals surface area contributed by atoms with Gasteiger partial charge in [0.2, 0.25) is 5.91 Å². The number of pyridine rings is 1. The van der Waals surface area contributed by atoms with Crippen LogP contribution in [-0.2, 0) is 9.59 Å². The Kier molecular flexibility index (Phi) is 2.97. The van der Waals surface area contributed by atoms with E-state index in [-0.39, 0.29) is 17.8 Å². The maximum Gasteiger partial charge on any atom is 0.337 e. The normalized spacial score (nSPS) is 18.1. The number of carboxylic acids is 1. The van der Waals surface area contributed by atoms with Crippen molar-refractivity contribution in [2.45, 2.75) is 19.4 Å². The largest absolute Gasteiger partial charge is 0.478 e. The molecule has 2 amide bonds. The standard InChI is InChI=1S/C12H13N3O4/c1-12(2)11(19)14-9(16)6-15(12)8-5-13-4-3-7(8)10(17)18/h3-5H,6H2,1-2H3,(H,17,18)(H,14,16,19). The Balaban J connectivity index is 2.53. The number of hydrogen-bond donors (Lipinski definition) is 2. The van der Waals surface area contributed by atoms with Crippen molar-refractivity contribution in [1.29, 1.82) is 0 Å². The second kappa shape index (κ2) is 4.34. The average Bonchev–Trinajstić information content (AvgIpc) is 2.34. The molecule has 2 heterocycles. The fraction of sp³-hybridized carbons (Fsp3) is 0.333. The maximum absolute atomic E-state index is 11.8. The van der Waals surface area contributed by atoms with Crippen LogP contribution in [-0.4, -0.2) is 40.0 Å². The summed E-state index contributed by atoms with van der Waals surface area (Å²) in [5.74, 6) is -2.07. The molecule has 7 nitrogen and oxygen atoms in total. The second-order valence-corrected chi connectivity index (χ2v) is 4.72. The van der Waals surface area contributed by atoms with Gasteiger partial charge in [0, 0.05) is 6.20 Å². The SMILES string of the molecule is CC1(C)C(=O)NC(=O)CN1c1cnccc1C(=O)O. The molecule has 0 atom stereocenters. The van der Waals surface area contributed by atoms with Crippen LogP contribution in [0.25, 0.3) is 0 Å². The van der Waals surface area contributed by atoms with E-state index >= 15 is 0 Å². The van der Waals surface area contributed by atoms with Gasteiger partial charge in [-0.2, -0.15) is 0 Å². The van der Waals surface area contributed by atoms with E-state index in [1.165, 1.54) is 23.4 Å². The number of nitrogens with zero attached hydrogens (tertiary/aromatic N) is 2. The first kappa shape index (κ1) is 13.0. The molecular weight excluding hydrogens is 250 g/mol. The summed E-state index contributed by atoms with van der Waals surface area (Å²) in [6.07, 6.45) is 2.70. The molecule has 0 bridgehead atoms. The molecule has 2 rings (SSSR count). The molecule has 0 aliphatic carbocycles. The summed E-state index contributed by atoms with van der Waals surface area (Å²) in [6, 6.07) is 1.34. The zero-order valence-corrected chi connectivity index (χ0v) is 10.5. The van der Waals surface area contributed by atoms with Crippen molar-refractivity contribution in [3.8, 4) is 0 Å². The van der Waals surface area contributed by atoms with E-state index in [1.54, 1.807) is 13.8 Å². The molecule has 0 radical (unpaired) electrons. The lowest BCUT2D eigenvalue weighted by Crippen LogP contribution is -2.64. The number of hydrogen-bond acceptors (Lipinski definition) is 5. The molecule has 1 fully saturated rings. The highest BCUT2D eigenvalue weighted by molar-refractivity contribution is 6.08. The predicted octanol–water partition coefficient (Wildman–Crippen LogP) is 0.0212. The highest BCUT2D eigenvalue weighted by atomic mass is 16.4. The molecular formula is C12H13N3O4. The van der Waals surface area contributed by atoms with Crippen LogP contribution < -0.4 is 10.2 Å². The lowest BCUT2D eigenvalue weighted by molar-refractivity contribution is -0.135. The second-order valence-electron chi connectivity index (χ2n) is 4.72. The monoisotopic (exact) mass is 263 g/mol. The quantitative estimate of drug-likeness (QED) is 0.730. The smallest absolute Gasteiger partial charge is 0.337 e. The summed E-state index contributed by atoms with van der Waals surface area (Å²) < 4.78 is 0. The molecule has 1 aromatic heterocycles. The zero-order valence-electron chi connectivity index (χ0n) is 10.5. The lowest BCUT2D eigenvalue weighted by Gasteiger charge is -2.41. The summed E-state index contributed by atoms with van der Waals surface area (Å²) in [5, 5.41) is 11.4. The van der Waals surface area contributed by atoms with Gasteiger partial charge in [0.15, 0.2) is 0 Å². The third-order valence-electron chi connectivity index (χ3n) is 3.11. The molecule has 1 aliphatic rings. The number of piperazine rings is 1. The third kappa shape index (κ3) is 2.14. The minimum absolute atomic E-state index is 0.00516. The fourth-order valence-corrected chi connectivity index (χ4v) is 1.95. The number of anilines is 1. The van der Waals surface area contributed by atoms with E-state index < -0.39 is 23.3 Å². The van der Waals surface area contributed by atoms with Crippen LogP contribution in [0.1, 0.15) is 24.2 Å². The lowest BCUT2D eigenvalue weighted by atomic mass is 9.97. The van der Waals surface area contributed by atoms with E-state index in [9.17, 15) is 14.4 Å². The number of rotatable bonds is 2. The van der Waals surface area contributed by atoms with Crippen molar-refractivity contribution in [3.63, 3.8) is 0 Å². The van der Waals surface area contributed by atoms with Gasteiger partial charge in [-0.1, -0.05) is 0 Å². The Morgan fingerprint density at radius 3 is 2.79 bits per heavy atom. The van der Waals surface area contributed by atoms with E-state index in [2.05, 4.69) is 10.3 Å². The molecule has 7 heteroatoms. The number of aromatic carboxylic acids is 1. The van der Waals surface area contributed by atoms with Crippen LogP contribution in [0.4, 0.5) is 5.69 Å². The highest BCUT2D eigenvalue weighted by Gasteiger charge is 2.42. The topological polar surface area (TPSA) is 99.6 Å².